The SMILES string of the molecule is C=c1cnc(N(C)C2CCCC2)n/c1=C(/N=C\C)Nc1ccc(Cc2ccc(C)c(N=CC)c2)c(C)c1.CC. The number of aryl methyl sites for hydroxylation is 2. The standard InChI is InChI=1S/C31H38N6.C2H6/c1-7-32-28-19-24(14-13-21(28)3)18-25-15-16-26(17-22(25)4)35-30(33-8-2)29-23(5)20-34-31(36-29)37(6)27-11-9-10-12-27;1-2/h7-8,13-17,19-20,27,35H,5,9-12,18H2,1-4,6H3;1-2H3/b30-29-,32-7?,33-8-;. The number of benzene rings is 2. The summed E-state index contributed by atoms with van der Waals surface area (Å²) in [4.78, 5) is 20.8. The number of hydrogen-bond donors (Lipinski definition) is 1. The molecule has 0 bridgehead atoms. The van der Waals surface area contributed by atoms with Gasteiger partial charge in [-0.25, -0.2) is 15.0 Å². The molecule has 6 heteroatoms. The molecule has 0 spiro atoms. The van der Waals surface area contributed by atoms with E-state index >= 15 is 0 Å². The third-order valence-corrected chi connectivity index (χ3v) is 7.06. The lowest BCUT2D eigenvalue weighted by molar-refractivity contribution is 0.636. The van der Waals surface area contributed by atoms with Crippen LogP contribution in [0.2, 0.25) is 0 Å². The Kier molecular flexibility index (Phi) is 11.0. The molecule has 39 heavy (non-hydrogen) atoms. The monoisotopic (exact) mass is 524 g/mol. The van der Waals surface area contributed by atoms with Crippen LogP contribution in [0, 0.1) is 13.8 Å². The summed E-state index contributed by atoms with van der Waals surface area (Å²) < 4.78 is 0. The summed E-state index contributed by atoms with van der Waals surface area (Å²) in [5.41, 5.74) is 6.92. The molecule has 4 rings (SSSR count). The van der Waals surface area contributed by atoms with Crippen LogP contribution in [0.5, 0.6) is 0 Å². The molecule has 1 heterocycles. The summed E-state index contributed by atoms with van der Waals surface area (Å²) in [6.45, 7) is 16.3. The molecule has 0 saturated heterocycles. The fourth-order valence-electron chi connectivity index (χ4n) is 4.88. The van der Waals surface area contributed by atoms with E-state index in [1.165, 1.54) is 47.9 Å². The number of nitrogens with one attached hydrogen (secondary N) is 1. The van der Waals surface area contributed by atoms with Gasteiger partial charge in [-0.15, -0.1) is 0 Å². The van der Waals surface area contributed by atoms with Gasteiger partial charge >= 0.3 is 0 Å². The van der Waals surface area contributed by atoms with E-state index < -0.39 is 0 Å². The number of nitrogens with zero attached hydrogens (tertiary/aromatic N) is 5. The molecule has 1 aromatic heterocycles. The molecule has 0 aliphatic heterocycles. The number of rotatable bonds is 8. The molecule has 0 radical (unpaired) electrons. The van der Waals surface area contributed by atoms with E-state index in [-0.39, 0.29) is 0 Å². The first kappa shape index (κ1) is 29.8. The van der Waals surface area contributed by atoms with Gasteiger partial charge < -0.3 is 10.2 Å². The van der Waals surface area contributed by atoms with Gasteiger partial charge in [-0.3, -0.25) is 4.99 Å². The minimum absolute atomic E-state index is 0.489. The molecule has 1 fully saturated rings. The molecule has 1 saturated carbocycles. The maximum absolute atomic E-state index is 4.89. The number of aliphatic imine (C=N–C) groups is 2. The second-order valence-corrected chi connectivity index (χ2v) is 9.78. The van der Waals surface area contributed by atoms with Crippen molar-refractivity contribution in [1.29, 1.82) is 0 Å². The summed E-state index contributed by atoms with van der Waals surface area (Å²) >= 11 is 0. The van der Waals surface area contributed by atoms with Gasteiger partial charge in [0.1, 0.15) is 5.35 Å². The fourth-order valence-corrected chi connectivity index (χ4v) is 4.88. The minimum atomic E-state index is 0.489. The molecule has 0 unspecified atom stereocenters. The summed E-state index contributed by atoms with van der Waals surface area (Å²) in [7, 11) is 2.09. The average Bonchev–Trinajstić information content (AvgIpc) is 3.48. The zero-order valence-electron chi connectivity index (χ0n) is 24.8. The van der Waals surface area contributed by atoms with E-state index in [1.54, 1.807) is 12.4 Å². The highest BCUT2D eigenvalue weighted by Crippen LogP contribution is 2.25. The van der Waals surface area contributed by atoms with Crippen LogP contribution in [0.25, 0.3) is 12.4 Å². The van der Waals surface area contributed by atoms with Gasteiger partial charge in [-0.2, -0.15) is 0 Å². The van der Waals surface area contributed by atoms with E-state index in [1.807, 2.05) is 33.9 Å². The van der Waals surface area contributed by atoms with E-state index in [0.29, 0.717) is 11.9 Å². The molecule has 3 aromatic rings. The summed E-state index contributed by atoms with van der Waals surface area (Å²) in [5, 5.41) is 4.95. The molecule has 1 aliphatic carbocycles. The van der Waals surface area contributed by atoms with Crippen LogP contribution in [-0.4, -0.2) is 35.5 Å². The highest BCUT2D eigenvalue weighted by molar-refractivity contribution is 5.71. The summed E-state index contributed by atoms with van der Waals surface area (Å²) in [5.74, 6) is 1.39. The molecule has 2 aromatic carbocycles. The van der Waals surface area contributed by atoms with Crippen LogP contribution >= 0.6 is 0 Å². The molecule has 0 amide bonds. The van der Waals surface area contributed by atoms with Crippen molar-refractivity contribution >= 4 is 42.2 Å². The van der Waals surface area contributed by atoms with Crippen LogP contribution in [0.15, 0.2) is 52.6 Å². The normalized spacial score (nSPS) is 14.4. The van der Waals surface area contributed by atoms with E-state index in [2.05, 4.69) is 89.1 Å². The van der Waals surface area contributed by atoms with E-state index in [9.17, 15) is 0 Å². The fraction of sp³-hybridized carbons (Fsp3) is 0.394. The molecule has 0 atom stereocenters. The Labute approximate surface area is 234 Å². The predicted molar refractivity (Wildman–Crippen MR) is 169 cm³/mol. The minimum Gasteiger partial charge on any atom is -0.341 e. The van der Waals surface area contributed by atoms with Crippen molar-refractivity contribution < 1.29 is 0 Å². The van der Waals surface area contributed by atoms with Gasteiger partial charge in [0.05, 0.1) is 5.69 Å². The lowest BCUT2D eigenvalue weighted by atomic mass is 9.98. The Balaban J connectivity index is 0.00000205. The highest BCUT2D eigenvalue weighted by Gasteiger charge is 2.21. The van der Waals surface area contributed by atoms with Crippen LogP contribution in [0.1, 0.15) is 75.6 Å². The van der Waals surface area contributed by atoms with Crippen molar-refractivity contribution in [2.45, 2.75) is 79.7 Å². The first-order valence-corrected chi connectivity index (χ1v) is 14.1. The quantitative estimate of drug-likeness (QED) is 0.342. The lowest BCUT2D eigenvalue weighted by Crippen LogP contribution is -2.37. The third-order valence-electron chi connectivity index (χ3n) is 7.06. The lowest BCUT2D eigenvalue weighted by Gasteiger charge is -2.24. The zero-order valence-corrected chi connectivity index (χ0v) is 24.8. The first-order valence-electron chi connectivity index (χ1n) is 14.1. The van der Waals surface area contributed by atoms with Crippen LogP contribution in [-0.2, 0) is 6.42 Å². The maximum Gasteiger partial charge on any atom is 0.225 e. The molecular weight excluding hydrogens is 480 g/mol. The zero-order chi connectivity index (χ0) is 28.4. The van der Waals surface area contributed by atoms with Gasteiger partial charge in [-0.1, -0.05) is 51.5 Å². The number of anilines is 2. The molecular formula is C33H44N6. The van der Waals surface area contributed by atoms with Crippen molar-refractivity contribution in [3.63, 3.8) is 0 Å². The maximum atomic E-state index is 4.89. The second-order valence-electron chi connectivity index (χ2n) is 9.78. The Bertz CT molecular complexity index is 1420. The number of hydrogen-bond acceptors (Lipinski definition) is 6. The van der Waals surface area contributed by atoms with Crippen molar-refractivity contribution in [1.82, 2.24) is 9.97 Å². The van der Waals surface area contributed by atoms with Crippen LogP contribution in [0.4, 0.5) is 17.3 Å². The van der Waals surface area contributed by atoms with Gasteiger partial charge in [0.25, 0.3) is 0 Å². The summed E-state index contributed by atoms with van der Waals surface area (Å²) in [6, 6.07) is 13.4. The topological polar surface area (TPSA) is 65.8 Å². The van der Waals surface area contributed by atoms with Gasteiger partial charge in [-0.05, 0) is 87.4 Å². The smallest absolute Gasteiger partial charge is 0.225 e. The van der Waals surface area contributed by atoms with Gasteiger partial charge in [0.2, 0.25) is 5.95 Å². The summed E-state index contributed by atoms with van der Waals surface area (Å²) in [6.07, 6.45) is 11.2. The van der Waals surface area contributed by atoms with Crippen molar-refractivity contribution in [2.75, 3.05) is 17.3 Å². The van der Waals surface area contributed by atoms with Crippen molar-refractivity contribution in [3.05, 3.63) is 75.4 Å². The molecule has 6 nitrogen and oxygen atoms in total. The Morgan fingerprint density at radius 3 is 2.46 bits per heavy atom. The van der Waals surface area contributed by atoms with Crippen molar-refractivity contribution in [3.8, 4) is 0 Å². The molecule has 206 valence electrons. The molecule has 1 aliphatic rings. The van der Waals surface area contributed by atoms with Crippen molar-refractivity contribution in [2.24, 2.45) is 9.98 Å². The Morgan fingerprint density at radius 1 is 1.05 bits per heavy atom. The van der Waals surface area contributed by atoms with Gasteiger partial charge in [0, 0.05) is 42.6 Å². The largest absolute Gasteiger partial charge is 0.341 e. The van der Waals surface area contributed by atoms with Crippen LogP contribution < -0.4 is 20.8 Å². The first-order chi connectivity index (χ1) is 18.9. The molecule has 1 N–H and O–H groups in total. The van der Waals surface area contributed by atoms with E-state index in [0.717, 1.165) is 34.3 Å². The second kappa shape index (κ2) is 14.4. The van der Waals surface area contributed by atoms with Gasteiger partial charge in [0.15, 0.2) is 5.82 Å². The third kappa shape index (κ3) is 7.62. The number of aromatic nitrogens is 2. The Morgan fingerprint density at radius 2 is 1.79 bits per heavy atom. The highest BCUT2D eigenvalue weighted by atomic mass is 15.3. The average molecular weight is 525 g/mol. The predicted octanol–water partition coefficient (Wildman–Crippen LogP) is 6.49. The van der Waals surface area contributed by atoms with E-state index in [4.69, 9.17) is 4.98 Å². The van der Waals surface area contributed by atoms with Crippen LogP contribution in [0.3, 0.4) is 0 Å². The Hall–Kier alpha value is -3.80.